The quantitative estimate of drug-likeness (QED) is 0.897. The van der Waals surface area contributed by atoms with Crippen molar-refractivity contribution in [3.63, 3.8) is 0 Å². The molecule has 20 heavy (non-hydrogen) atoms. The third-order valence-electron chi connectivity index (χ3n) is 3.99. The summed E-state index contributed by atoms with van der Waals surface area (Å²) in [5.74, 6) is 1.46. The molecule has 0 saturated carbocycles. The maximum absolute atomic E-state index is 4.82. The van der Waals surface area contributed by atoms with Crippen molar-refractivity contribution in [1.82, 2.24) is 20.2 Å². The Hall–Kier alpha value is -1.00. The average molecular weight is 276 g/mol. The lowest BCUT2D eigenvalue weighted by molar-refractivity contribution is 0.178. The van der Waals surface area contributed by atoms with E-state index >= 15 is 0 Å². The van der Waals surface area contributed by atoms with Gasteiger partial charge < -0.3 is 5.32 Å². The normalized spacial score (nSPS) is 18.4. The van der Waals surface area contributed by atoms with Crippen molar-refractivity contribution < 1.29 is 0 Å². The van der Waals surface area contributed by atoms with E-state index in [9.17, 15) is 0 Å². The topological polar surface area (TPSA) is 41.1 Å². The first-order valence-corrected chi connectivity index (χ1v) is 7.94. The predicted octanol–water partition coefficient (Wildman–Crippen LogP) is 2.52. The van der Waals surface area contributed by atoms with Crippen molar-refractivity contribution in [3.8, 4) is 0 Å². The molecule has 0 radical (unpaired) electrons. The van der Waals surface area contributed by atoms with E-state index in [-0.39, 0.29) is 0 Å². The maximum Gasteiger partial charge on any atom is 0.145 e. The van der Waals surface area contributed by atoms with Crippen molar-refractivity contribution in [2.24, 2.45) is 0 Å². The highest BCUT2D eigenvalue weighted by Gasteiger charge is 2.21. The van der Waals surface area contributed by atoms with Gasteiger partial charge in [-0.25, -0.2) is 9.97 Å². The van der Waals surface area contributed by atoms with Crippen LogP contribution in [0.5, 0.6) is 0 Å². The van der Waals surface area contributed by atoms with Gasteiger partial charge in [0.1, 0.15) is 5.82 Å². The van der Waals surface area contributed by atoms with E-state index in [0.717, 1.165) is 44.8 Å². The highest BCUT2D eigenvalue weighted by Crippen LogP contribution is 2.21. The van der Waals surface area contributed by atoms with Crippen LogP contribution in [0, 0.1) is 0 Å². The summed E-state index contributed by atoms with van der Waals surface area (Å²) in [6.07, 6.45) is 2.18. The number of hydrogen-bond acceptors (Lipinski definition) is 4. The fourth-order valence-corrected chi connectivity index (χ4v) is 2.64. The van der Waals surface area contributed by atoms with Crippen molar-refractivity contribution in [2.75, 3.05) is 26.2 Å². The lowest BCUT2D eigenvalue weighted by Gasteiger charge is -2.32. The summed E-state index contributed by atoms with van der Waals surface area (Å²) in [6, 6.07) is 2.49. The molecule has 0 spiro atoms. The summed E-state index contributed by atoms with van der Waals surface area (Å²) < 4.78 is 0. The summed E-state index contributed by atoms with van der Waals surface area (Å²) in [5.41, 5.74) is 2.38. The van der Waals surface area contributed by atoms with Crippen molar-refractivity contribution in [3.05, 3.63) is 23.3 Å². The van der Waals surface area contributed by atoms with Gasteiger partial charge in [0, 0.05) is 37.6 Å². The molecule has 0 bridgehead atoms. The highest BCUT2D eigenvalue weighted by molar-refractivity contribution is 5.16. The monoisotopic (exact) mass is 276 g/mol. The number of hydrogen-bond donors (Lipinski definition) is 1. The number of piperazine rings is 1. The van der Waals surface area contributed by atoms with Crippen LogP contribution >= 0.6 is 0 Å². The summed E-state index contributed by atoms with van der Waals surface area (Å²) >= 11 is 0. The molecule has 1 N–H and O–H groups in total. The number of rotatable bonds is 5. The Balaban J connectivity index is 2.23. The second-order valence-corrected chi connectivity index (χ2v) is 6.01. The molecule has 0 aliphatic carbocycles. The molecular formula is C16H28N4. The molecule has 1 fully saturated rings. The summed E-state index contributed by atoms with van der Waals surface area (Å²) in [5, 5.41) is 3.40. The molecule has 2 rings (SSSR count). The fraction of sp³-hybridized carbons (Fsp3) is 0.750. The van der Waals surface area contributed by atoms with Gasteiger partial charge in [-0.3, -0.25) is 4.90 Å². The van der Waals surface area contributed by atoms with Gasteiger partial charge in [0.2, 0.25) is 0 Å². The fourth-order valence-electron chi connectivity index (χ4n) is 2.64. The molecule has 1 unspecified atom stereocenters. The van der Waals surface area contributed by atoms with Crippen LogP contribution in [0.4, 0.5) is 0 Å². The minimum atomic E-state index is 0.311. The molecule has 1 saturated heterocycles. The van der Waals surface area contributed by atoms with Crippen LogP contribution in [-0.4, -0.2) is 41.0 Å². The van der Waals surface area contributed by atoms with Crippen LogP contribution in [-0.2, 0) is 6.42 Å². The third kappa shape index (κ3) is 3.76. The van der Waals surface area contributed by atoms with Crippen LogP contribution in [0.15, 0.2) is 6.07 Å². The predicted molar refractivity (Wildman–Crippen MR) is 83.0 cm³/mol. The zero-order chi connectivity index (χ0) is 14.5. The SMILES string of the molecule is CCCc1cc(C(C)C)nc(C(C)N2CCNCC2)n1. The Kier molecular flexibility index (Phi) is 5.49. The van der Waals surface area contributed by atoms with E-state index < -0.39 is 0 Å². The van der Waals surface area contributed by atoms with Gasteiger partial charge in [-0.15, -0.1) is 0 Å². The Bertz CT molecular complexity index is 424. The molecule has 1 atom stereocenters. The molecule has 1 aliphatic heterocycles. The van der Waals surface area contributed by atoms with E-state index in [2.05, 4.69) is 44.0 Å². The van der Waals surface area contributed by atoms with Crippen LogP contribution in [0.2, 0.25) is 0 Å². The smallest absolute Gasteiger partial charge is 0.145 e. The summed E-state index contributed by atoms with van der Waals surface area (Å²) in [7, 11) is 0. The Labute approximate surface area is 123 Å². The van der Waals surface area contributed by atoms with Gasteiger partial charge in [0.05, 0.1) is 6.04 Å². The molecule has 4 nitrogen and oxygen atoms in total. The van der Waals surface area contributed by atoms with E-state index in [4.69, 9.17) is 9.97 Å². The van der Waals surface area contributed by atoms with Crippen molar-refractivity contribution >= 4 is 0 Å². The zero-order valence-electron chi connectivity index (χ0n) is 13.3. The lowest BCUT2D eigenvalue weighted by Crippen LogP contribution is -2.44. The minimum absolute atomic E-state index is 0.311. The van der Waals surface area contributed by atoms with Crippen molar-refractivity contribution in [1.29, 1.82) is 0 Å². The molecule has 1 aromatic rings. The second-order valence-electron chi connectivity index (χ2n) is 6.01. The standard InChI is InChI=1S/C16H28N4/c1-5-6-14-11-15(12(2)3)19-16(18-14)13(4)20-9-7-17-8-10-20/h11-13,17H,5-10H2,1-4H3. The van der Waals surface area contributed by atoms with Crippen LogP contribution in [0.1, 0.15) is 63.3 Å². The van der Waals surface area contributed by atoms with E-state index in [1.807, 2.05) is 0 Å². The molecule has 4 heteroatoms. The van der Waals surface area contributed by atoms with Gasteiger partial charge in [0.25, 0.3) is 0 Å². The Morgan fingerprint density at radius 3 is 2.50 bits per heavy atom. The molecule has 0 aromatic carbocycles. The number of aryl methyl sites for hydroxylation is 1. The third-order valence-corrected chi connectivity index (χ3v) is 3.99. The Morgan fingerprint density at radius 2 is 1.90 bits per heavy atom. The van der Waals surface area contributed by atoms with Crippen LogP contribution in [0.3, 0.4) is 0 Å². The molecule has 1 aromatic heterocycles. The first-order chi connectivity index (χ1) is 9.61. The molecule has 1 aliphatic rings. The minimum Gasteiger partial charge on any atom is -0.314 e. The van der Waals surface area contributed by atoms with E-state index in [1.54, 1.807) is 0 Å². The van der Waals surface area contributed by atoms with Crippen molar-refractivity contribution in [2.45, 2.75) is 52.5 Å². The maximum atomic E-state index is 4.82. The van der Waals surface area contributed by atoms with Gasteiger partial charge in [-0.2, -0.15) is 0 Å². The summed E-state index contributed by atoms with van der Waals surface area (Å²) in [6.45, 7) is 13.1. The number of nitrogens with one attached hydrogen (secondary N) is 1. The van der Waals surface area contributed by atoms with E-state index in [1.165, 1.54) is 11.4 Å². The first-order valence-electron chi connectivity index (χ1n) is 7.94. The largest absolute Gasteiger partial charge is 0.314 e. The number of nitrogens with zero attached hydrogens (tertiary/aromatic N) is 3. The molecular weight excluding hydrogens is 248 g/mol. The van der Waals surface area contributed by atoms with Gasteiger partial charge in [-0.1, -0.05) is 27.2 Å². The number of aromatic nitrogens is 2. The van der Waals surface area contributed by atoms with Gasteiger partial charge in [0.15, 0.2) is 0 Å². The molecule has 112 valence electrons. The van der Waals surface area contributed by atoms with Gasteiger partial charge >= 0.3 is 0 Å². The average Bonchev–Trinajstić information content (AvgIpc) is 2.47. The van der Waals surface area contributed by atoms with Gasteiger partial charge in [-0.05, 0) is 25.3 Å². The Morgan fingerprint density at radius 1 is 1.20 bits per heavy atom. The molecule has 2 heterocycles. The highest BCUT2D eigenvalue weighted by atomic mass is 15.2. The molecule has 0 amide bonds. The van der Waals surface area contributed by atoms with Crippen LogP contribution in [0.25, 0.3) is 0 Å². The second kappa shape index (κ2) is 7.14. The lowest BCUT2D eigenvalue weighted by atomic mass is 10.1. The summed E-state index contributed by atoms with van der Waals surface area (Å²) in [4.78, 5) is 12.1. The van der Waals surface area contributed by atoms with E-state index in [0.29, 0.717) is 12.0 Å². The first kappa shape index (κ1) is 15.4. The zero-order valence-corrected chi connectivity index (χ0v) is 13.3. The van der Waals surface area contributed by atoms with Crippen LogP contribution < -0.4 is 5.32 Å².